The molecule has 0 spiro atoms. The second-order valence-electron chi connectivity index (χ2n) is 17.7. The van der Waals surface area contributed by atoms with Crippen LogP contribution in [0.5, 0.6) is 28.7 Å². The molecule has 5 atom stereocenters. The Morgan fingerprint density at radius 2 is 1.78 bits per heavy atom. The van der Waals surface area contributed by atoms with Crippen molar-refractivity contribution in [1.29, 1.82) is 0 Å². The van der Waals surface area contributed by atoms with Crippen LogP contribution >= 0.6 is 0 Å². The first-order valence-corrected chi connectivity index (χ1v) is 22.6. The third kappa shape index (κ3) is 8.70. The van der Waals surface area contributed by atoms with Crippen LogP contribution in [0.3, 0.4) is 0 Å². The van der Waals surface area contributed by atoms with Gasteiger partial charge in [-0.05, 0) is 139 Å². The van der Waals surface area contributed by atoms with Crippen molar-refractivity contribution in [1.82, 2.24) is 16.0 Å². The second kappa shape index (κ2) is 18.9. The lowest BCUT2D eigenvalue weighted by Gasteiger charge is -2.47. The number of rotatable bonds is 17. The molecule has 0 saturated carbocycles. The summed E-state index contributed by atoms with van der Waals surface area (Å²) in [6, 6.07) is 26.3. The number of benzene rings is 5. The number of nitrogens with one attached hydrogen (secondary N) is 3. The second-order valence-corrected chi connectivity index (χ2v) is 17.7. The van der Waals surface area contributed by atoms with Crippen LogP contribution in [0.25, 0.3) is 17.2 Å². The van der Waals surface area contributed by atoms with Crippen molar-refractivity contribution in [2.75, 3.05) is 53.8 Å². The van der Waals surface area contributed by atoms with Gasteiger partial charge in [0.05, 0.1) is 38.5 Å². The Balaban J connectivity index is 1.21. The highest BCUT2D eigenvalue weighted by atomic mass is 16.6. The monoisotopic (exact) mass is 868 g/mol. The molecule has 336 valence electrons. The van der Waals surface area contributed by atoms with E-state index in [1.807, 2.05) is 49.5 Å². The summed E-state index contributed by atoms with van der Waals surface area (Å²) in [5, 5.41) is 55.4. The van der Waals surface area contributed by atoms with E-state index in [-0.39, 0.29) is 36.9 Å². The van der Waals surface area contributed by atoms with E-state index >= 15 is 0 Å². The van der Waals surface area contributed by atoms with Crippen LogP contribution < -0.4 is 40.7 Å². The lowest BCUT2D eigenvalue weighted by Crippen LogP contribution is -2.56. The summed E-state index contributed by atoms with van der Waals surface area (Å²) in [5.74, 6) is 2.15. The topological polar surface area (TPSA) is 166 Å². The van der Waals surface area contributed by atoms with Gasteiger partial charge in [-0.25, -0.2) is 0 Å². The fourth-order valence-corrected chi connectivity index (χ4v) is 10.2. The van der Waals surface area contributed by atoms with Gasteiger partial charge in [-0.1, -0.05) is 48.5 Å². The van der Waals surface area contributed by atoms with Crippen molar-refractivity contribution < 1.29 is 39.4 Å². The number of phenols is 2. The number of aliphatic hydroxyl groups excluding tert-OH is 2. The average Bonchev–Trinajstić information content (AvgIpc) is 3.78. The predicted molar refractivity (Wildman–Crippen MR) is 246 cm³/mol. The van der Waals surface area contributed by atoms with Crippen LogP contribution in [0.1, 0.15) is 69.9 Å². The molecule has 3 heterocycles. The Bertz CT molecular complexity index is 2620. The molecule has 9 rings (SSSR count). The number of methoxy groups -OCH3 is 1. The third-order valence-corrected chi connectivity index (χ3v) is 13.3. The van der Waals surface area contributed by atoms with Crippen LogP contribution in [0.4, 0.5) is 0 Å². The van der Waals surface area contributed by atoms with Crippen molar-refractivity contribution in [2.24, 2.45) is 4.99 Å². The van der Waals surface area contributed by atoms with E-state index in [9.17, 15) is 20.4 Å². The third-order valence-electron chi connectivity index (χ3n) is 13.3. The molecule has 0 radical (unpaired) electrons. The minimum Gasteiger partial charge on any atom is -0.508 e. The van der Waals surface area contributed by atoms with Crippen LogP contribution in [0.2, 0.25) is 0 Å². The van der Waals surface area contributed by atoms with Crippen LogP contribution in [0, 0.1) is 0 Å². The van der Waals surface area contributed by atoms with E-state index in [1.165, 1.54) is 5.56 Å². The zero-order valence-corrected chi connectivity index (χ0v) is 37.0. The molecule has 0 aromatic heterocycles. The summed E-state index contributed by atoms with van der Waals surface area (Å²) in [5.41, 5.74) is 9.02. The van der Waals surface area contributed by atoms with Crippen LogP contribution in [-0.2, 0) is 43.3 Å². The fourth-order valence-electron chi connectivity index (χ4n) is 10.2. The molecule has 7 N–H and O–H groups in total. The molecule has 0 amide bonds. The molecule has 0 bridgehead atoms. The molecule has 5 aromatic rings. The number of aromatic hydroxyl groups is 2. The Morgan fingerprint density at radius 3 is 2.58 bits per heavy atom. The smallest absolute Gasteiger partial charge is 0.161 e. The summed E-state index contributed by atoms with van der Waals surface area (Å²) in [4.78, 5) is 4.62. The number of aliphatic hydroxyl groups is 2. The molecule has 1 aliphatic carbocycles. The zero-order valence-electron chi connectivity index (χ0n) is 37.0. The standard InChI is InChI=1S/C52H60N4O8/c1-31(58)26-54-29-55-28-52(62-30-53-2)25-44-43-22-36(20-33-10-16-45-34(19-33)17-18-56-45)42-24-38(59)12-14-40(42)47(43)50-41(15-13-39(27-57)63-50)49(44)64-51(52)37-21-35(48(60)46(23-37)61-3)11-9-32-7-5-4-6-8-32/h4-8,10,12,14,16-17,19,21,23-24,31,36,39,51,53-55,57-60H,9,11,13,15,18,20,22,25-30H2,1-3H3. The molecule has 5 unspecified atom stereocenters. The Labute approximate surface area is 374 Å². The zero-order chi connectivity index (χ0) is 44.4. The first-order chi connectivity index (χ1) is 31.2. The highest BCUT2D eigenvalue weighted by Gasteiger charge is 2.50. The summed E-state index contributed by atoms with van der Waals surface area (Å²) < 4.78 is 27.3. The van der Waals surface area contributed by atoms with E-state index in [0.717, 1.165) is 79.2 Å². The number of hydrogen-bond acceptors (Lipinski definition) is 12. The van der Waals surface area contributed by atoms with E-state index in [1.54, 1.807) is 20.1 Å². The van der Waals surface area contributed by atoms with Gasteiger partial charge in [0.2, 0.25) is 0 Å². The normalized spacial score (nSPS) is 20.9. The molecule has 12 heteroatoms. The highest BCUT2D eigenvalue weighted by Crippen LogP contribution is 2.58. The number of phenolic OH excluding ortho intramolecular Hbond substituents is 2. The maximum Gasteiger partial charge on any atom is 0.161 e. The van der Waals surface area contributed by atoms with Gasteiger partial charge in [-0.3, -0.25) is 10.3 Å². The van der Waals surface area contributed by atoms with E-state index in [2.05, 4.69) is 57.4 Å². The lowest BCUT2D eigenvalue weighted by molar-refractivity contribution is -0.129. The number of hydrogen-bond donors (Lipinski definition) is 7. The molecule has 3 aliphatic heterocycles. The molecular formula is C52H60N4O8. The minimum atomic E-state index is -1.00. The molecule has 0 fully saturated rings. The minimum absolute atomic E-state index is 0.00653. The first kappa shape index (κ1) is 43.8. The predicted octanol–water partition coefficient (Wildman–Crippen LogP) is 4.67. The number of aryl methyl sites for hydroxylation is 2. The summed E-state index contributed by atoms with van der Waals surface area (Å²) in [6.07, 6.45) is 4.97. The van der Waals surface area contributed by atoms with Crippen LogP contribution in [-0.4, -0.2) is 92.0 Å². The quantitative estimate of drug-likeness (QED) is 0.0514. The summed E-state index contributed by atoms with van der Waals surface area (Å²) >= 11 is 0. The van der Waals surface area contributed by atoms with Crippen molar-refractivity contribution >= 4 is 6.08 Å². The van der Waals surface area contributed by atoms with Crippen molar-refractivity contribution in [3.8, 4) is 39.9 Å². The molecular weight excluding hydrogens is 809 g/mol. The number of nitrogens with zero attached hydrogens (tertiary/aromatic N) is 1. The van der Waals surface area contributed by atoms with Gasteiger partial charge in [0.1, 0.15) is 29.0 Å². The van der Waals surface area contributed by atoms with Gasteiger partial charge < -0.3 is 50.0 Å². The van der Waals surface area contributed by atoms with Crippen molar-refractivity contribution in [2.45, 2.75) is 81.7 Å². The maximum atomic E-state index is 11.6. The Hall–Kier alpha value is -5.47. The molecule has 4 aliphatic rings. The molecule has 12 nitrogen and oxygen atoms in total. The van der Waals surface area contributed by atoms with Crippen molar-refractivity contribution in [3.63, 3.8) is 0 Å². The van der Waals surface area contributed by atoms with Gasteiger partial charge in [0, 0.05) is 42.9 Å². The fraction of sp³-hybridized carbons (Fsp3) is 0.404. The van der Waals surface area contributed by atoms with Gasteiger partial charge in [0.15, 0.2) is 17.6 Å². The van der Waals surface area contributed by atoms with Gasteiger partial charge >= 0.3 is 0 Å². The summed E-state index contributed by atoms with van der Waals surface area (Å²) in [6.45, 7) is 3.76. The molecule has 5 aromatic carbocycles. The average molecular weight is 869 g/mol. The van der Waals surface area contributed by atoms with Gasteiger partial charge in [0.25, 0.3) is 0 Å². The SMILES string of the molecule is CNCOC1(CNCNCC(C)O)Cc2c3c(c4c(c2OC1c1cc(CCc2ccccc2)c(O)c(OC)c1)CCC(CO)O4)-c1ccc(O)cc1C(Cc1ccc2c(c1)=CCN=2)C3. The van der Waals surface area contributed by atoms with E-state index in [4.69, 9.17) is 18.9 Å². The maximum absolute atomic E-state index is 11.6. The Morgan fingerprint density at radius 1 is 0.922 bits per heavy atom. The van der Waals surface area contributed by atoms with E-state index < -0.39 is 17.8 Å². The van der Waals surface area contributed by atoms with Crippen LogP contribution in [0.15, 0.2) is 83.9 Å². The summed E-state index contributed by atoms with van der Waals surface area (Å²) in [7, 11) is 3.43. The first-order valence-electron chi connectivity index (χ1n) is 22.6. The lowest BCUT2D eigenvalue weighted by atomic mass is 9.70. The van der Waals surface area contributed by atoms with E-state index in [0.29, 0.717) is 69.9 Å². The Kier molecular flexibility index (Phi) is 12.9. The van der Waals surface area contributed by atoms with Crippen molar-refractivity contribution in [3.05, 3.63) is 134 Å². The van der Waals surface area contributed by atoms with Gasteiger partial charge in [-0.15, -0.1) is 0 Å². The molecule has 0 saturated heterocycles. The van der Waals surface area contributed by atoms with Gasteiger partial charge in [-0.2, -0.15) is 0 Å². The largest absolute Gasteiger partial charge is 0.508 e. The number of fused-ring (bicyclic) bond motifs is 9. The molecule has 64 heavy (non-hydrogen) atoms. The highest BCUT2D eigenvalue weighted by molar-refractivity contribution is 5.85. The number of ether oxygens (including phenoxy) is 4.